The zero-order valence-electron chi connectivity index (χ0n) is 19.3. The topological polar surface area (TPSA) is 60.0 Å². The Labute approximate surface area is 212 Å². The van der Waals surface area contributed by atoms with Crippen molar-refractivity contribution in [2.45, 2.75) is 6.61 Å². The lowest BCUT2D eigenvalue weighted by Gasteiger charge is -2.28. The number of rotatable bonds is 8. The molecular formula is C27H26BrFN2O4. The maximum atomic E-state index is 13.9. The maximum absolute atomic E-state index is 13.9. The van der Waals surface area contributed by atoms with E-state index in [-0.39, 0.29) is 18.3 Å². The largest absolute Gasteiger partial charge is 0.493 e. The van der Waals surface area contributed by atoms with Crippen molar-refractivity contribution in [1.29, 1.82) is 0 Å². The molecule has 1 heterocycles. The summed E-state index contributed by atoms with van der Waals surface area (Å²) in [5, 5.41) is 2.87. The summed E-state index contributed by atoms with van der Waals surface area (Å²) < 4.78 is 31.2. The van der Waals surface area contributed by atoms with Crippen molar-refractivity contribution in [2.24, 2.45) is 0 Å². The minimum Gasteiger partial charge on any atom is -0.493 e. The van der Waals surface area contributed by atoms with Gasteiger partial charge in [-0.25, -0.2) is 4.39 Å². The van der Waals surface area contributed by atoms with Crippen LogP contribution in [0.5, 0.6) is 11.5 Å². The molecule has 1 saturated heterocycles. The average molecular weight is 541 g/mol. The van der Waals surface area contributed by atoms with Crippen molar-refractivity contribution in [1.82, 2.24) is 0 Å². The lowest BCUT2D eigenvalue weighted by atomic mass is 10.1. The fraction of sp³-hybridized carbons (Fsp3) is 0.222. The van der Waals surface area contributed by atoms with Gasteiger partial charge in [0.2, 0.25) is 5.91 Å². The third-order valence-electron chi connectivity index (χ3n) is 5.52. The van der Waals surface area contributed by atoms with Crippen LogP contribution in [-0.2, 0) is 16.1 Å². The molecule has 1 aliphatic heterocycles. The molecule has 182 valence electrons. The Bertz CT molecular complexity index is 1190. The number of hydrogen-bond acceptors (Lipinski definition) is 5. The Morgan fingerprint density at radius 3 is 2.60 bits per heavy atom. The number of carbonyl (C=O) groups is 1. The minimum absolute atomic E-state index is 0.0591. The van der Waals surface area contributed by atoms with E-state index in [1.54, 1.807) is 36.4 Å². The quantitative estimate of drug-likeness (QED) is 0.373. The van der Waals surface area contributed by atoms with E-state index in [0.29, 0.717) is 27.2 Å². The molecule has 1 fully saturated rings. The van der Waals surface area contributed by atoms with E-state index in [1.165, 1.54) is 19.3 Å². The average Bonchev–Trinajstić information content (AvgIpc) is 2.88. The Morgan fingerprint density at radius 2 is 1.89 bits per heavy atom. The summed E-state index contributed by atoms with van der Waals surface area (Å²) in [6.07, 6.45) is 3.14. The van der Waals surface area contributed by atoms with Crippen LogP contribution in [0.4, 0.5) is 15.8 Å². The van der Waals surface area contributed by atoms with Crippen LogP contribution < -0.4 is 19.7 Å². The fourth-order valence-corrected chi connectivity index (χ4v) is 4.25. The monoisotopic (exact) mass is 540 g/mol. The van der Waals surface area contributed by atoms with Crippen molar-refractivity contribution < 1.29 is 23.4 Å². The zero-order valence-corrected chi connectivity index (χ0v) is 20.9. The third kappa shape index (κ3) is 6.61. The minimum atomic E-state index is -0.330. The standard InChI is InChI=1S/C27H26BrFN2O4/c1-33-25-17-19(16-23(28)27(25)35-18-20-4-2-3-5-24(20)29)6-11-26(32)30-21-7-9-22(10-8-21)31-12-14-34-15-13-31/h2-11,16-17H,12-15,18H2,1H3,(H,30,32)/b11-6+. The van der Waals surface area contributed by atoms with Gasteiger partial charge in [0, 0.05) is 36.1 Å². The predicted octanol–water partition coefficient (Wildman–Crippen LogP) is 5.66. The number of ether oxygens (including phenoxy) is 3. The number of anilines is 2. The maximum Gasteiger partial charge on any atom is 0.248 e. The molecule has 3 aromatic rings. The lowest BCUT2D eigenvalue weighted by molar-refractivity contribution is -0.111. The molecule has 8 heteroatoms. The Kier molecular flexibility index (Phi) is 8.39. The molecule has 0 atom stereocenters. The Hall–Kier alpha value is -3.36. The molecule has 0 aliphatic carbocycles. The van der Waals surface area contributed by atoms with Crippen molar-refractivity contribution in [3.63, 3.8) is 0 Å². The van der Waals surface area contributed by atoms with E-state index in [9.17, 15) is 9.18 Å². The van der Waals surface area contributed by atoms with E-state index < -0.39 is 0 Å². The summed E-state index contributed by atoms with van der Waals surface area (Å²) in [7, 11) is 1.53. The van der Waals surface area contributed by atoms with Gasteiger partial charge in [-0.2, -0.15) is 0 Å². The van der Waals surface area contributed by atoms with Crippen molar-refractivity contribution in [2.75, 3.05) is 43.6 Å². The Balaban J connectivity index is 1.38. The molecule has 6 nitrogen and oxygen atoms in total. The van der Waals surface area contributed by atoms with Crippen LogP contribution in [0.15, 0.2) is 71.2 Å². The van der Waals surface area contributed by atoms with Gasteiger partial charge in [-0.3, -0.25) is 4.79 Å². The van der Waals surface area contributed by atoms with E-state index >= 15 is 0 Å². The summed E-state index contributed by atoms with van der Waals surface area (Å²) in [5.41, 5.74) is 3.01. The summed E-state index contributed by atoms with van der Waals surface area (Å²) >= 11 is 3.49. The van der Waals surface area contributed by atoms with Gasteiger partial charge in [0.1, 0.15) is 12.4 Å². The molecule has 3 aromatic carbocycles. The summed E-state index contributed by atoms with van der Waals surface area (Å²) in [4.78, 5) is 14.7. The van der Waals surface area contributed by atoms with Gasteiger partial charge in [-0.15, -0.1) is 0 Å². The first-order valence-corrected chi connectivity index (χ1v) is 12.0. The highest BCUT2D eigenvalue weighted by Gasteiger charge is 2.13. The highest BCUT2D eigenvalue weighted by Crippen LogP contribution is 2.37. The lowest BCUT2D eigenvalue weighted by Crippen LogP contribution is -2.36. The molecule has 0 radical (unpaired) electrons. The molecule has 1 N–H and O–H groups in total. The predicted molar refractivity (Wildman–Crippen MR) is 139 cm³/mol. The van der Waals surface area contributed by atoms with Crippen LogP contribution in [0, 0.1) is 5.82 Å². The first kappa shape index (κ1) is 24.8. The summed E-state index contributed by atoms with van der Waals surface area (Å²) in [6, 6.07) is 17.8. The van der Waals surface area contributed by atoms with Gasteiger partial charge in [0.05, 0.1) is 24.8 Å². The smallest absolute Gasteiger partial charge is 0.248 e. The molecule has 4 rings (SSSR count). The molecule has 0 spiro atoms. The highest BCUT2D eigenvalue weighted by atomic mass is 79.9. The van der Waals surface area contributed by atoms with Crippen LogP contribution in [0.2, 0.25) is 0 Å². The third-order valence-corrected chi connectivity index (χ3v) is 6.11. The number of amides is 1. The van der Waals surface area contributed by atoms with E-state index in [1.807, 2.05) is 24.3 Å². The van der Waals surface area contributed by atoms with Crippen LogP contribution in [0.3, 0.4) is 0 Å². The Morgan fingerprint density at radius 1 is 1.14 bits per heavy atom. The normalized spacial score (nSPS) is 13.6. The van der Waals surface area contributed by atoms with Crippen LogP contribution in [0.1, 0.15) is 11.1 Å². The number of hydrogen-bond donors (Lipinski definition) is 1. The van der Waals surface area contributed by atoms with Gasteiger partial charge in [0.15, 0.2) is 11.5 Å². The molecule has 0 unspecified atom stereocenters. The first-order valence-electron chi connectivity index (χ1n) is 11.2. The molecule has 1 amide bonds. The van der Waals surface area contributed by atoms with Gasteiger partial charge >= 0.3 is 0 Å². The molecule has 1 aliphatic rings. The van der Waals surface area contributed by atoms with Crippen LogP contribution in [-0.4, -0.2) is 39.3 Å². The van der Waals surface area contributed by atoms with Crippen LogP contribution >= 0.6 is 15.9 Å². The summed E-state index contributed by atoms with van der Waals surface area (Å²) in [6.45, 7) is 3.23. The second-order valence-electron chi connectivity index (χ2n) is 7.88. The van der Waals surface area contributed by atoms with E-state index in [4.69, 9.17) is 14.2 Å². The SMILES string of the molecule is COc1cc(/C=C/C(=O)Nc2ccc(N3CCOCC3)cc2)cc(Br)c1OCc1ccccc1F. The summed E-state index contributed by atoms with van der Waals surface area (Å²) in [5.74, 6) is 0.343. The number of nitrogens with zero attached hydrogens (tertiary/aromatic N) is 1. The molecule has 35 heavy (non-hydrogen) atoms. The van der Waals surface area contributed by atoms with Gasteiger partial charge in [-0.05, 0) is 70.0 Å². The number of nitrogens with one attached hydrogen (secondary N) is 1. The number of carbonyl (C=O) groups excluding carboxylic acids is 1. The van der Waals surface area contributed by atoms with Gasteiger partial charge < -0.3 is 24.4 Å². The number of morpholine rings is 1. The molecule has 0 saturated carbocycles. The van der Waals surface area contributed by atoms with Crippen molar-refractivity contribution in [3.05, 3.63) is 88.2 Å². The first-order chi connectivity index (χ1) is 17.0. The van der Waals surface area contributed by atoms with Gasteiger partial charge in [0.25, 0.3) is 0 Å². The number of benzene rings is 3. The van der Waals surface area contributed by atoms with E-state index in [2.05, 4.69) is 26.1 Å². The molecule has 0 bridgehead atoms. The van der Waals surface area contributed by atoms with Crippen LogP contribution in [0.25, 0.3) is 6.08 Å². The van der Waals surface area contributed by atoms with Crippen molar-refractivity contribution >= 4 is 39.3 Å². The highest BCUT2D eigenvalue weighted by molar-refractivity contribution is 9.10. The zero-order chi connectivity index (χ0) is 24.6. The number of halogens is 2. The second kappa shape index (κ2) is 11.9. The van der Waals surface area contributed by atoms with Gasteiger partial charge in [-0.1, -0.05) is 18.2 Å². The fourth-order valence-electron chi connectivity index (χ4n) is 3.67. The molecular weight excluding hydrogens is 515 g/mol. The molecule has 0 aromatic heterocycles. The van der Waals surface area contributed by atoms with Crippen molar-refractivity contribution in [3.8, 4) is 11.5 Å². The second-order valence-corrected chi connectivity index (χ2v) is 8.74. The van der Waals surface area contributed by atoms with E-state index in [0.717, 1.165) is 37.6 Å². The number of methoxy groups -OCH3 is 1.